The molecule has 1 aliphatic heterocycles. The number of imide groups is 1. The van der Waals surface area contributed by atoms with Crippen LogP contribution in [0.4, 0.5) is 10.5 Å². The summed E-state index contributed by atoms with van der Waals surface area (Å²) in [6.07, 6.45) is 0.139. The zero-order chi connectivity index (χ0) is 22.8. The maximum Gasteiger partial charge on any atom is 0.325 e. The van der Waals surface area contributed by atoms with E-state index in [1.54, 1.807) is 13.0 Å². The summed E-state index contributed by atoms with van der Waals surface area (Å²) < 4.78 is 0. The summed E-state index contributed by atoms with van der Waals surface area (Å²) in [4.78, 5) is 41.5. The maximum absolute atomic E-state index is 13.2. The van der Waals surface area contributed by atoms with Gasteiger partial charge in [0.15, 0.2) is 0 Å². The average molecular weight is 418 g/mol. The van der Waals surface area contributed by atoms with Crippen LogP contribution in [0.3, 0.4) is 0 Å². The van der Waals surface area contributed by atoms with Crippen molar-refractivity contribution in [2.24, 2.45) is 0 Å². The van der Waals surface area contributed by atoms with Crippen LogP contribution in [0.25, 0.3) is 0 Å². The molecule has 3 rings (SSSR count). The van der Waals surface area contributed by atoms with Gasteiger partial charge < -0.3 is 10.2 Å². The fraction of sp³-hybridized carbons (Fsp3) is 0.333. The predicted octanol–water partition coefficient (Wildman–Crippen LogP) is 3.33. The zero-order valence-corrected chi connectivity index (χ0v) is 18.2. The van der Waals surface area contributed by atoms with E-state index in [0.29, 0.717) is 11.3 Å². The van der Waals surface area contributed by atoms with Gasteiger partial charge in [0.25, 0.3) is 5.91 Å². The van der Waals surface area contributed by atoms with Crippen LogP contribution in [-0.2, 0) is 15.1 Å². The van der Waals surface area contributed by atoms with Gasteiger partial charge in [-0.1, -0.05) is 30.3 Å². The largest absolute Gasteiger partial charge is 0.325 e. The van der Waals surface area contributed by atoms with Crippen LogP contribution in [0.15, 0.2) is 42.5 Å². The Bertz CT molecular complexity index is 1070. The number of hydrogen-bond acceptors (Lipinski definition) is 4. The Hall–Kier alpha value is -3.66. The number of carbonyl (C=O) groups excluding carboxylic acids is 3. The zero-order valence-electron chi connectivity index (χ0n) is 18.2. The van der Waals surface area contributed by atoms with E-state index in [-0.39, 0.29) is 13.0 Å². The van der Waals surface area contributed by atoms with E-state index in [9.17, 15) is 14.4 Å². The van der Waals surface area contributed by atoms with Gasteiger partial charge in [-0.3, -0.25) is 14.5 Å². The minimum Gasteiger partial charge on any atom is -0.319 e. The van der Waals surface area contributed by atoms with Crippen molar-refractivity contribution in [2.75, 3.05) is 18.0 Å². The van der Waals surface area contributed by atoms with Crippen molar-refractivity contribution in [1.82, 2.24) is 10.2 Å². The Morgan fingerprint density at radius 2 is 1.77 bits per heavy atom. The summed E-state index contributed by atoms with van der Waals surface area (Å²) in [7, 11) is 0. The SMILES string of the molecule is Cc1cc(C)cc(N(CCC#N)C(=O)CN2C(=O)NC(C)(c3ccccc3C)C2=O)c1. The lowest BCUT2D eigenvalue weighted by Gasteiger charge is -2.26. The van der Waals surface area contributed by atoms with Gasteiger partial charge in [0.05, 0.1) is 12.5 Å². The van der Waals surface area contributed by atoms with Crippen LogP contribution in [0.2, 0.25) is 0 Å². The molecular formula is C24H26N4O3. The summed E-state index contributed by atoms with van der Waals surface area (Å²) >= 11 is 0. The highest BCUT2D eigenvalue weighted by molar-refractivity contribution is 6.10. The molecule has 1 N–H and O–H groups in total. The molecule has 160 valence electrons. The molecule has 0 radical (unpaired) electrons. The summed E-state index contributed by atoms with van der Waals surface area (Å²) in [5, 5.41) is 11.8. The first kappa shape index (κ1) is 22.0. The van der Waals surface area contributed by atoms with E-state index in [1.165, 1.54) is 4.90 Å². The van der Waals surface area contributed by atoms with Crippen molar-refractivity contribution in [3.05, 3.63) is 64.7 Å². The van der Waals surface area contributed by atoms with Crippen LogP contribution < -0.4 is 10.2 Å². The maximum atomic E-state index is 13.2. The number of nitrogens with zero attached hydrogens (tertiary/aromatic N) is 3. The minimum absolute atomic E-state index is 0.139. The third-order valence-corrected chi connectivity index (χ3v) is 5.52. The molecule has 1 atom stereocenters. The molecule has 0 saturated carbocycles. The second kappa shape index (κ2) is 8.60. The van der Waals surface area contributed by atoms with Crippen molar-refractivity contribution in [2.45, 2.75) is 39.7 Å². The molecule has 2 aromatic carbocycles. The smallest absolute Gasteiger partial charge is 0.319 e. The van der Waals surface area contributed by atoms with Crippen molar-refractivity contribution >= 4 is 23.5 Å². The standard InChI is InChI=1S/C24H26N4O3/c1-16-12-17(2)14-19(13-16)27(11-7-10-25)21(29)15-28-22(30)24(4,26-23(28)31)20-9-6-5-8-18(20)3/h5-6,8-9,12-14H,7,11,15H2,1-4H3,(H,26,31). The summed E-state index contributed by atoms with van der Waals surface area (Å²) in [6, 6.07) is 14.5. The Morgan fingerprint density at radius 3 is 2.39 bits per heavy atom. The van der Waals surface area contributed by atoms with E-state index in [1.807, 2.05) is 57.2 Å². The number of benzene rings is 2. The Kier molecular flexibility index (Phi) is 6.11. The van der Waals surface area contributed by atoms with Gasteiger partial charge in [0.1, 0.15) is 12.1 Å². The lowest BCUT2D eigenvalue weighted by atomic mass is 9.88. The first-order chi connectivity index (χ1) is 14.7. The number of aryl methyl sites for hydroxylation is 3. The topological polar surface area (TPSA) is 93.5 Å². The van der Waals surface area contributed by atoms with Gasteiger partial charge in [-0.15, -0.1) is 0 Å². The van der Waals surface area contributed by atoms with E-state index >= 15 is 0 Å². The molecule has 2 aromatic rings. The molecular weight excluding hydrogens is 392 g/mol. The number of nitriles is 1. The number of anilines is 1. The molecule has 7 nitrogen and oxygen atoms in total. The molecule has 0 spiro atoms. The Balaban J connectivity index is 1.88. The fourth-order valence-electron chi connectivity index (χ4n) is 4.04. The molecule has 1 aliphatic rings. The van der Waals surface area contributed by atoms with E-state index in [4.69, 9.17) is 5.26 Å². The molecule has 1 unspecified atom stereocenters. The van der Waals surface area contributed by atoms with Crippen LogP contribution in [-0.4, -0.2) is 35.8 Å². The number of rotatable bonds is 6. The summed E-state index contributed by atoms with van der Waals surface area (Å²) in [5.41, 5.74) is 2.93. The molecule has 1 saturated heterocycles. The van der Waals surface area contributed by atoms with Crippen LogP contribution in [0.1, 0.15) is 35.6 Å². The first-order valence-electron chi connectivity index (χ1n) is 10.1. The molecule has 1 fully saturated rings. The highest BCUT2D eigenvalue weighted by Gasteiger charge is 2.50. The quantitative estimate of drug-likeness (QED) is 0.728. The molecule has 0 bridgehead atoms. The molecule has 1 heterocycles. The third-order valence-electron chi connectivity index (χ3n) is 5.52. The van der Waals surface area contributed by atoms with Crippen LogP contribution in [0.5, 0.6) is 0 Å². The van der Waals surface area contributed by atoms with Crippen LogP contribution in [0, 0.1) is 32.1 Å². The predicted molar refractivity (Wildman–Crippen MR) is 117 cm³/mol. The molecule has 4 amide bonds. The van der Waals surface area contributed by atoms with E-state index < -0.39 is 29.9 Å². The number of hydrogen-bond donors (Lipinski definition) is 1. The monoisotopic (exact) mass is 418 g/mol. The van der Waals surface area contributed by atoms with Gasteiger partial charge in [-0.25, -0.2) is 4.79 Å². The van der Waals surface area contributed by atoms with Crippen molar-refractivity contribution in [1.29, 1.82) is 5.26 Å². The van der Waals surface area contributed by atoms with E-state index in [2.05, 4.69) is 11.4 Å². The van der Waals surface area contributed by atoms with Gasteiger partial charge in [-0.2, -0.15) is 5.26 Å². The molecule has 0 aromatic heterocycles. The number of carbonyl (C=O) groups is 3. The average Bonchev–Trinajstić information content (AvgIpc) is 2.91. The molecule has 7 heteroatoms. The Labute approximate surface area is 182 Å². The van der Waals surface area contributed by atoms with Gasteiger partial charge in [0.2, 0.25) is 5.91 Å². The van der Waals surface area contributed by atoms with Crippen molar-refractivity contribution in [3.8, 4) is 6.07 Å². The first-order valence-corrected chi connectivity index (χ1v) is 10.1. The fourth-order valence-corrected chi connectivity index (χ4v) is 4.04. The van der Waals surface area contributed by atoms with E-state index in [0.717, 1.165) is 21.6 Å². The second-order valence-electron chi connectivity index (χ2n) is 8.06. The second-order valence-corrected chi connectivity index (χ2v) is 8.06. The number of nitrogens with one attached hydrogen (secondary N) is 1. The minimum atomic E-state index is -1.24. The third kappa shape index (κ3) is 4.29. The lowest BCUT2D eigenvalue weighted by Crippen LogP contribution is -2.45. The summed E-state index contributed by atoms with van der Waals surface area (Å²) in [5.74, 6) is -0.890. The number of urea groups is 1. The molecule has 0 aliphatic carbocycles. The molecule has 31 heavy (non-hydrogen) atoms. The van der Waals surface area contributed by atoms with Crippen molar-refractivity contribution < 1.29 is 14.4 Å². The van der Waals surface area contributed by atoms with Gasteiger partial charge >= 0.3 is 6.03 Å². The van der Waals surface area contributed by atoms with Gasteiger partial charge in [-0.05, 0) is 62.1 Å². The number of amides is 4. The Morgan fingerprint density at radius 1 is 1.13 bits per heavy atom. The highest BCUT2D eigenvalue weighted by Crippen LogP contribution is 2.31. The van der Waals surface area contributed by atoms with Gasteiger partial charge in [0, 0.05) is 12.2 Å². The summed E-state index contributed by atoms with van der Waals surface area (Å²) in [6.45, 7) is 7.15. The van der Waals surface area contributed by atoms with Crippen molar-refractivity contribution in [3.63, 3.8) is 0 Å². The normalized spacial score (nSPS) is 18.0. The highest BCUT2D eigenvalue weighted by atomic mass is 16.2. The van der Waals surface area contributed by atoms with Crippen LogP contribution >= 0.6 is 0 Å². The lowest BCUT2D eigenvalue weighted by molar-refractivity contribution is -0.134.